The zero-order valence-corrected chi connectivity index (χ0v) is 13.0. The molecule has 1 saturated carbocycles. The number of hydrogen-bond acceptors (Lipinski definition) is 3. The number of hydrogen-bond donors (Lipinski definition) is 1. The summed E-state index contributed by atoms with van der Waals surface area (Å²) in [6, 6.07) is 4.48. The van der Waals surface area contributed by atoms with Crippen molar-refractivity contribution in [3.05, 3.63) is 24.5 Å². The zero-order valence-electron chi connectivity index (χ0n) is 13.0. The standard InChI is InChI=1S/C17H24N2O2/c1-12(2)5-7-21-15-8-13-4-6-19(16(13)18-11-15)14-9-17(3,20)10-14/h4,6,8,11-12,14,20H,5,7,9-10H2,1-3H3/t14-,17-. The molecule has 4 heteroatoms. The Morgan fingerprint density at radius 1 is 1.48 bits per heavy atom. The van der Waals surface area contributed by atoms with E-state index >= 15 is 0 Å². The van der Waals surface area contributed by atoms with Gasteiger partial charge in [0.05, 0.1) is 18.4 Å². The summed E-state index contributed by atoms with van der Waals surface area (Å²) in [5, 5.41) is 11.0. The van der Waals surface area contributed by atoms with Gasteiger partial charge in [0.1, 0.15) is 11.4 Å². The Bertz CT molecular complexity index is 623. The molecule has 0 unspecified atom stereocenters. The molecule has 0 bridgehead atoms. The minimum absolute atomic E-state index is 0.359. The van der Waals surface area contributed by atoms with Crippen LogP contribution in [0.25, 0.3) is 11.0 Å². The number of aromatic nitrogens is 2. The van der Waals surface area contributed by atoms with Crippen LogP contribution in [0.4, 0.5) is 0 Å². The summed E-state index contributed by atoms with van der Waals surface area (Å²) < 4.78 is 7.93. The number of ether oxygens (including phenoxy) is 1. The van der Waals surface area contributed by atoms with Crippen molar-refractivity contribution >= 4 is 11.0 Å². The summed E-state index contributed by atoms with van der Waals surface area (Å²) in [6.45, 7) is 7.01. The maximum absolute atomic E-state index is 9.89. The van der Waals surface area contributed by atoms with E-state index in [4.69, 9.17) is 4.74 Å². The van der Waals surface area contributed by atoms with E-state index in [1.807, 2.05) is 6.92 Å². The molecule has 3 rings (SSSR count). The summed E-state index contributed by atoms with van der Waals surface area (Å²) >= 11 is 0. The third kappa shape index (κ3) is 3.05. The molecule has 2 aromatic heterocycles. The molecule has 0 atom stereocenters. The van der Waals surface area contributed by atoms with Crippen molar-refractivity contribution in [2.75, 3.05) is 6.61 Å². The minimum Gasteiger partial charge on any atom is -0.492 e. The molecule has 2 heterocycles. The van der Waals surface area contributed by atoms with E-state index < -0.39 is 5.60 Å². The van der Waals surface area contributed by atoms with Gasteiger partial charge in [-0.25, -0.2) is 4.98 Å². The minimum atomic E-state index is -0.513. The van der Waals surface area contributed by atoms with Crippen molar-refractivity contribution in [1.82, 2.24) is 9.55 Å². The van der Waals surface area contributed by atoms with Crippen molar-refractivity contribution in [1.29, 1.82) is 0 Å². The first-order chi connectivity index (χ1) is 9.94. The smallest absolute Gasteiger partial charge is 0.140 e. The van der Waals surface area contributed by atoms with Crippen LogP contribution in [-0.4, -0.2) is 26.9 Å². The lowest BCUT2D eigenvalue weighted by molar-refractivity contribution is -0.0498. The van der Waals surface area contributed by atoms with Gasteiger partial charge in [-0.2, -0.15) is 0 Å². The molecule has 1 fully saturated rings. The fourth-order valence-corrected chi connectivity index (χ4v) is 2.96. The zero-order chi connectivity index (χ0) is 15.0. The molecule has 0 radical (unpaired) electrons. The molecule has 114 valence electrons. The highest BCUT2D eigenvalue weighted by Gasteiger charge is 2.39. The van der Waals surface area contributed by atoms with Gasteiger partial charge in [-0.3, -0.25) is 0 Å². The Hall–Kier alpha value is -1.55. The summed E-state index contributed by atoms with van der Waals surface area (Å²) in [5.74, 6) is 1.48. The van der Waals surface area contributed by atoms with Gasteiger partial charge in [0.25, 0.3) is 0 Å². The predicted molar refractivity (Wildman–Crippen MR) is 83.6 cm³/mol. The Labute approximate surface area is 125 Å². The molecule has 21 heavy (non-hydrogen) atoms. The summed E-state index contributed by atoms with van der Waals surface area (Å²) in [6.07, 6.45) is 6.51. The third-order valence-electron chi connectivity index (χ3n) is 4.24. The highest BCUT2D eigenvalue weighted by molar-refractivity contribution is 5.77. The maximum atomic E-state index is 9.89. The molecular formula is C17H24N2O2. The summed E-state index contributed by atoms with van der Waals surface area (Å²) in [4.78, 5) is 4.55. The molecular weight excluding hydrogens is 264 g/mol. The van der Waals surface area contributed by atoms with Gasteiger partial charge in [0.2, 0.25) is 0 Å². The van der Waals surface area contributed by atoms with Gasteiger partial charge >= 0.3 is 0 Å². The molecule has 0 aliphatic heterocycles. The quantitative estimate of drug-likeness (QED) is 0.915. The molecule has 1 N–H and O–H groups in total. The SMILES string of the molecule is CC(C)CCOc1cnc2c(ccn2[C@H]2C[C@](C)(O)C2)c1. The number of fused-ring (bicyclic) bond motifs is 1. The molecule has 2 aromatic rings. The highest BCUT2D eigenvalue weighted by atomic mass is 16.5. The molecule has 4 nitrogen and oxygen atoms in total. The van der Waals surface area contributed by atoms with Crippen LogP contribution in [0.2, 0.25) is 0 Å². The van der Waals surface area contributed by atoms with Crippen LogP contribution < -0.4 is 4.74 Å². The lowest BCUT2D eigenvalue weighted by atomic mass is 9.77. The van der Waals surface area contributed by atoms with Crippen molar-refractivity contribution < 1.29 is 9.84 Å². The Balaban J connectivity index is 1.72. The fraction of sp³-hybridized carbons (Fsp3) is 0.588. The molecule has 0 saturated heterocycles. The van der Waals surface area contributed by atoms with Gasteiger partial charge in [0, 0.05) is 17.6 Å². The van der Waals surface area contributed by atoms with Gasteiger partial charge < -0.3 is 14.4 Å². The van der Waals surface area contributed by atoms with Crippen LogP contribution in [-0.2, 0) is 0 Å². The lowest BCUT2D eigenvalue weighted by Gasteiger charge is -2.41. The van der Waals surface area contributed by atoms with Crippen LogP contribution in [0.15, 0.2) is 24.5 Å². The van der Waals surface area contributed by atoms with Gasteiger partial charge in [0.15, 0.2) is 0 Å². The van der Waals surface area contributed by atoms with E-state index in [-0.39, 0.29) is 0 Å². The van der Waals surface area contributed by atoms with Crippen molar-refractivity contribution in [3.63, 3.8) is 0 Å². The van der Waals surface area contributed by atoms with Crippen LogP contribution in [0, 0.1) is 5.92 Å². The second kappa shape index (κ2) is 5.34. The first kappa shape index (κ1) is 14.4. The second-order valence-corrected chi connectivity index (χ2v) is 6.90. The normalized spacial score (nSPS) is 25.3. The van der Waals surface area contributed by atoms with Crippen LogP contribution in [0.5, 0.6) is 5.75 Å². The topological polar surface area (TPSA) is 47.3 Å². The molecule has 1 aliphatic carbocycles. The van der Waals surface area contributed by atoms with Crippen molar-refractivity contribution in [3.8, 4) is 5.75 Å². The van der Waals surface area contributed by atoms with Crippen molar-refractivity contribution in [2.24, 2.45) is 5.92 Å². The number of nitrogens with zero attached hydrogens (tertiary/aromatic N) is 2. The van der Waals surface area contributed by atoms with Crippen LogP contribution in [0.3, 0.4) is 0 Å². The van der Waals surface area contributed by atoms with Crippen molar-refractivity contribution in [2.45, 2.75) is 51.7 Å². The number of pyridine rings is 1. The Morgan fingerprint density at radius 2 is 2.24 bits per heavy atom. The van der Waals surface area contributed by atoms with E-state index in [0.29, 0.717) is 12.0 Å². The third-order valence-corrected chi connectivity index (χ3v) is 4.24. The molecule has 0 amide bonds. The molecule has 0 spiro atoms. The largest absolute Gasteiger partial charge is 0.492 e. The van der Waals surface area contributed by atoms with Crippen LogP contribution >= 0.6 is 0 Å². The number of aliphatic hydroxyl groups is 1. The van der Waals surface area contributed by atoms with Gasteiger partial charge in [-0.05, 0) is 44.2 Å². The summed E-state index contributed by atoms with van der Waals surface area (Å²) in [7, 11) is 0. The van der Waals surface area contributed by atoms with E-state index in [2.05, 4.69) is 41.7 Å². The predicted octanol–water partition coefficient (Wildman–Crippen LogP) is 3.55. The summed E-state index contributed by atoms with van der Waals surface area (Å²) in [5.41, 5.74) is 0.466. The first-order valence-corrected chi connectivity index (χ1v) is 7.76. The Morgan fingerprint density at radius 3 is 2.90 bits per heavy atom. The average Bonchev–Trinajstić information content (AvgIpc) is 2.78. The van der Waals surface area contributed by atoms with Gasteiger partial charge in [-0.1, -0.05) is 13.8 Å². The average molecular weight is 288 g/mol. The first-order valence-electron chi connectivity index (χ1n) is 7.76. The van der Waals surface area contributed by atoms with Gasteiger partial charge in [-0.15, -0.1) is 0 Å². The molecule has 1 aliphatic rings. The van der Waals surface area contributed by atoms with E-state index in [1.54, 1.807) is 6.20 Å². The Kier molecular flexibility index (Phi) is 3.66. The van der Waals surface area contributed by atoms with E-state index in [9.17, 15) is 5.11 Å². The monoisotopic (exact) mass is 288 g/mol. The lowest BCUT2D eigenvalue weighted by Crippen LogP contribution is -2.41. The number of rotatable bonds is 5. The molecule has 0 aromatic carbocycles. The van der Waals surface area contributed by atoms with Crippen LogP contribution in [0.1, 0.15) is 46.1 Å². The maximum Gasteiger partial charge on any atom is 0.140 e. The fourth-order valence-electron chi connectivity index (χ4n) is 2.96. The second-order valence-electron chi connectivity index (χ2n) is 6.90. The van der Waals surface area contributed by atoms with E-state index in [0.717, 1.165) is 42.7 Å². The van der Waals surface area contributed by atoms with E-state index in [1.165, 1.54) is 0 Å². The highest BCUT2D eigenvalue weighted by Crippen LogP contribution is 2.42.